The van der Waals surface area contributed by atoms with Crippen molar-refractivity contribution in [2.24, 2.45) is 0 Å². The van der Waals surface area contributed by atoms with Gasteiger partial charge in [-0.15, -0.1) is 0 Å². The first-order valence-corrected chi connectivity index (χ1v) is 5.83. The highest BCUT2D eigenvalue weighted by Gasteiger charge is 2.11. The molecule has 19 heavy (non-hydrogen) atoms. The second kappa shape index (κ2) is 5.07. The highest BCUT2D eigenvalue weighted by Crippen LogP contribution is 2.26. The molecule has 0 bridgehead atoms. The van der Waals surface area contributed by atoms with E-state index in [0.29, 0.717) is 16.9 Å². The molecule has 1 aromatic carbocycles. The third kappa shape index (κ3) is 2.71. The lowest BCUT2D eigenvalue weighted by Gasteiger charge is -2.09. The molecule has 2 rings (SSSR count). The number of hydrogen-bond acceptors (Lipinski definition) is 3. The molecule has 0 aliphatic rings. The van der Waals surface area contributed by atoms with Crippen molar-refractivity contribution in [1.82, 2.24) is 4.98 Å². The van der Waals surface area contributed by atoms with Crippen LogP contribution in [0.5, 0.6) is 11.6 Å². The molecule has 0 amide bonds. The summed E-state index contributed by atoms with van der Waals surface area (Å²) in [5, 5.41) is 9.12. The van der Waals surface area contributed by atoms with Gasteiger partial charge in [0, 0.05) is 11.8 Å². The predicted octanol–water partition coefficient (Wildman–Crippen LogP) is 3.81. The average Bonchev–Trinajstić information content (AvgIpc) is 2.33. The zero-order chi connectivity index (χ0) is 14.0. The summed E-state index contributed by atoms with van der Waals surface area (Å²) in [4.78, 5) is 4.19. The van der Waals surface area contributed by atoms with Crippen LogP contribution in [0.2, 0.25) is 0 Å². The molecule has 0 N–H and O–H groups in total. The van der Waals surface area contributed by atoms with Gasteiger partial charge in [0.1, 0.15) is 23.2 Å². The Morgan fingerprint density at radius 3 is 2.53 bits per heavy atom. The third-order valence-electron chi connectivity index (χ3n) is 2.78. The number of nitriles is 1. The Morgan fingerprint density at radius 1 is 1.16 bits per heavy atom. The fourth-order valence-electron chi connectivity index (χ4n) is 1.76. The molecule has 0 spiro atoms. The summed E-state index contributed by atoms with van der Waals surface area (Å²) in [5.74, 6) is 0.195. The Balaban J connectivity index is 2.43. The summed E-state index contributed by atoms with van der Waals surface area (Å²) in [6.45, 7) is 5.31. The molecule has 0 fully saturated rings. The summed E-state index contributed by atoms with van der Waals surface area (Å²) < 4.78 is 19.0. The van der Waals surface area contributed by atoms with Gasteiger partial charge < -0.3 is 4.74 Å². The minimum absolute atomic E-state index is 0.211. The average molecular weight is 256 g/mol. The largest absolute Gasteiger partial charge is 0.438 e. The second-order valence-corrected chi connectivity index (χ2v) is 4.39. The smallest absolute Gasteiger partial charge is 0.237 e. The molecule has 2 aromatic rings. The third-order valence-corrected chi connectivity index (χ3v) is 2.78. The topological polar surface area (TPSA) is 45.9 Å². The number of hydrogen-bond donors (Lipinski definition) is 0. The number of rotatable bonds is 2. The number of aryl methyl sites for hydroxylation is 3. The molecule has 0 radical (unpaired) electrons. The van der Waals surface area contributed by atoms with Crippen LogP contribution in [-0.4, -0.2) is 4.98 Å². The van der Waals surface area contributed by atoms with E-state index in [1.165, 1.54) is 6.07 Å². The molecule has 1 aromatic heterocycles. The van der Waals surface area contributed by atoms with Crippen LogP contribution in [0.4, 0.5) is 4.39 Å². The summed E-state index contributed by atoms with van der Waals surface area (Å²) in [6.07, 6.45) is 0. The van der Waals surface area contributed by atoms with Gasteiger partial charge in [0.05, 0.1) is 0 Å². The van der Waals surface area contributed by atoms with Gasteiger partial charge in [0.2, 0.25) is 5.88 Å². The van der Waals surface area contributed by atoms with E-state index in [2.05, 4.69) is 11.1 Å². The Morgan fingerprint density at radius 2 is 1.89 bits per heavy atom. The van der Waals surface area contributed by atoms with Crippen molar-refractivity contribution in [3.63, 3.8) is 0 Å². The fourth-order valence-corrected chi connectivity index (χ4v) is 1.76. The summed E-state index contributed by atoms with van der Waals surface area (Å²) in [7, 11) is 0. The van der Waals surface area contributed by atoms with E-state index in [-0.39, 0.29) is 11.7 Å². The maximum Gasteiger partial charge on any atom is 0.237 e. The van der Waals surface area contributed by atoms with Gasteiger partial charge in [-0.1, -0.05) is 6.07 Å². The van der Waals surface area contributed by atoms with Gasteiger partial charge >= 0.3 is 0 Å². The second-order valence-electron chi connectivity index (χ2n) is 4.39. The van der Waals surface area contributed by atoms with Crippen LogP contribution >= 0.6 is 0 Å². The molecule has 0 saturated carbocycles. The molecule has 3 nitrogen and oxygen atoms in total. The Kier molecular flexibility index (Phi) is 3.48. The molecule has 1 heterocycles. The van der Waals surface area contributed by atoms with Gasteiger partial charge in [-0.2, -0.15) is 5.26 Å². The minimum atomic E-state index is -0.347. The number of pyridine rings is 1. The van der Waals surface area contributed by atoms with Crippen molar-refractivity contribution in [2.45, 2.75) is 20.8 Å². The standard InChI is InChI=1S/C15H13FN2O/c1-9-4-5-12(7-14(9)16)19-15-13(8-17)10(2)6-11(3)18-15/h4-7H,1-3H3. The highest BCUT2D eigenvalue weighted by molar-refractivity contribution is 5.47. The van der Waals surface area contributed by atoms with Crippen LogP contribution in [0.25, 0.3) is 0 Å². The number of aromatic nitrogens is 1. The number of nitrogens with zero attached hydrogens (tertiary/aromatic N) is 2. The zero-order valence-electron chi connectivity index (χ0n) is 11.0. The lowest BCUT2D eigenvalue weighted by molar-refractivity contribution is 0.454. The van der Waals surface area contributed by atoms with Crippen molar-refractivity contribution >= 4 is 0 Å². The van der Waals surface area contributed by atoms with Gasteiger partial charge in [-0.25, -0.2) is 9.37 Å². The van der Waals surface area contributed by atoms with Crippen molar-refractivity contribution < 1.29 is 9.13 Å². The first kappa shape index (κ1) is 13.0. The lowest BCUT2D eigenvalue weighted by Crippen LogP contribution is -1.97. The van der Waals surface area contributed by atoms with Crippen molar-refractivity contribution in [1.29, 1.82) is 5.26 Å². The van der Waals surface area contributed by atoms with E-state index >= 15 is 0 Å². The van der Waals surface area contributed by atoms with Crippen molar-refractivity contribution in [3.05, 3.63) is 52.5 Å². The van der Waals surface area contributed by atoms with E-state index in [1.807, 2.05) is 13.8 Å². The van der Waals surface area contributed by atoms with Gasteiger partial charge in [0.15, 0.2) is 0 Å². The Labute approximate surface area is 111 Å². The van der Waals surface area contributed by atoms with E-state index in [4.69, 9.17) is 10.00 Å². The summed E-state index contributed by atoms with van der Waals surface area (Å²) in [6, 6.07) is 8.43. The van der Waals surface area contributed by atoms with Gasteiger partial charge in [-0.3, -0.25) is 0 Å². The van der Waals surface area contributed by atoms with E-state index < -0.39 is 0 Å². The van der Waals surface area contributed by atoms with E-state index in [9.17, 15) is 4.39 Å². The van der Waals surface area contributed by atoms with Crippen LogP contribution in [0.3, 0.4) is 0 Å². The van der Waals surface area contributed by atoms with Crippen LogP contribution in [0.15, 0.2) is 24.3 Å². The summed E-state index contributed by atoms with van der Waals surface area (Å²) >= 11 is 0. The molecule has 0 aliphatic heterocycles. The molecule has 0 saturated heterocycles. The fraction of sp³-hybridized carbons (Fsp3) is 0.200. The van der Waals surface area contributed by atoms with Crippen LogP contribution in [-0.2, 0) is 0 Å². The number of benzene rings is 1. The van der Waals surface area contributed by atoms with Crippen LogP contribution in [0, 0.1) is 37.9 Å². The highest BCUT2D eigenvalue weighted by atomic mass is 19.1. The quantitative estimate of drug-likeness (QED) is 0.820. The maximum absolute atomic E-state index is 13.5. The minimum Gasteiger partial charge on any atom is -0.438 e. The normalized spacial score (nSPS) is 10.1. The zero-order valence-corrected chi connectivity index (χ0v) is 11.0. The molecule has 0 atom stereocenters. The molecule has 0 aliphatic carbocycles. The molecular weight excluding hydrogens is 243 g/mol. The monoisotopic (exact) mass is 256 g/mol. The first-order chi connectivity index (χ1) is 9.01. The molecule has 96 valence electrons. The number of ether oxygens (including phenoxy) is 1. The van der Waals surface area contributed by atoms with Gasteiger partial charge in [0.25, 0.3) is 0 Å². The lowest BCUT2D eigenvalue weighted by atomic mass is 10.1. The number of halogens is 1. The van der Waals surface area contributed by atoms with Crippen molar-refractivity contribution in [3.8, 4) is 17.7 Å². The van der Waals surface area contributed by atoms with Crippen molar-refractivity contribution in [2.75, 3.05) is 0 Å². The van der Waals surface area contributed by atoms with Crippen LogP contribution in [0.1, 0.15) is 22.4 Å². The molecule has 4 heteroatoms. The first-order valence-electron chi connectivity index (χ1n) is 5.83. The molecular formula is C15H13FN2O. The van der Waals surface area contributed by atoms with E-state index in [0.717, 1.165) is 11.3 Å². The summed E-state index contributed by atoms with van der Waals surface area (Å²) in [5.41, 5.74) is 2.45. The SMILES string of the molecule is Cc1cc(C)c(C#N)c(Oc2ccc(C)c(F)c2)n1. The predicted molar refractivity (Wildman–Crippen MR) is 69.6 cm³/mol. The Bertz CT molecular complexity index is 675. The Hall–Kier alpha value is -2.41. The maximum atomic E-state index is 13.5. The van der Waals surface area contributed by atoms with Gasteiger partial charge in [-0.05, 0) is 44.0 Å². The van der Waals surface area contributed by atoms with E-state index in [1.54, 1.807) is 25.1 Å². The molecule has 0 unspecified atom stereocenters. The van der Waals surface area contributed by atoms with Crippen LogP contribution < -0.4 is 4.74 Å².